The molecule has 9 heteroatoms. The number of carboxylic acid groups (broad SMARTS) is 1. The summed E-state index contributed by atoms with van der Waals surface area (Å²) in [5.74, 6) is -1.21. The van der Waals surface area contributed by atoms with Crippen LogP contribution in [0.4, 0.5) is 0 Å². The van der Waals surface area contributed by atoms with E-state index in [4.69, 9.17) is 10.2 Å². The quantitative estimate of drug-likeness (QED) is 0.798. The Morgan fingerprint density at radius 2 is 2.00 bits per heavy atom. The second-order valence-corrected chi connectivity index (χ2v) is 8.17. The Morgan fingerprint density at radius 1 is 1.22 bits per heavy atom. The van der Waals surface area contributed by atoms with E-state index in [1.165, 1.54) is 24.4 Å². The minimum absolute atomic E-state index is 0.00697. The maximum Gasteiger partial charge on any atom is 0.303 e. The van der Waals surface area contributed by atoms with E-state index in [2.05, 4.69) is 4.98 Å². The van der Waals surface area contributed by atoms with Crippen molar-refractivity contribution < 1.29 is 23.1 Å². The van der Waals surface area contributed by atoms with Crippen LogP contribution < -0.4 is 5.14 Å². The summed E-state index contributed by atoms with van der Waals surface area (Å²) in [4.78, 5) is 29.9. The largest absolute Gasteiger partial charge is 0.481 e. The lowest BCUT2D eigenvalue weighted by Gasteiger charge is -2.35. The molecule has 1 aliphatic heterocycles. The van der Waals surface area contributed by atoms with Crippen LogP contribution in [0.5, 0.6) is 0 Å². The number of benzene rings is 1. The Kier molecular flexibility index (Phi) is 5.43. The van der Waals surface area contributed by atoms with Gasteiger partial charge in [0.1, 0.15) is 5.69 Å². The highest BCUT2D eigenvalue weighted by Crippen LogP contribution is 2.27. The number of carbonyl (C=O) groups is 2. The molecule has 1 unspecified atom stereocenters. The normalized spacial score (nSPS) is 17.8. The van der Waals surface area contributed by atoms with Crippen molar-refractivity contribution in [3.8, 4) is 0 Å². The molecule has 144 valence electrons. The molecule has 2 heterocycles. The molecule has 0 spiro atoms. The summed E-state index contributed by atoms with van der Waals surface area (Å²) in [5, 5.41) is 15.0. The zero-order valence-corrected chi connectivity index (χ0v) is 15.5. The summed E-state index contributed by atoms with van der Waals surface area (Å²) < 4.78 is 23.7. The van der Waals surface area contributed by atoms with Gasteiger partial charge in [0.05, 0.1) is 4.90 Å². The lowest BCUT2D eigenvalue weighted by molar-refractivity contribution is -0.137. The number of amides is 1. The molecule has 0 radical (unpaired) electrons. The van der Waals surface area contributed by atoms with Crippen LogP contribution in [0, 0.1) is 0 Å². The fraction of sp³-hybridized carbons (Fsp3) is 0.389. The summed E-state index contributed by atoms with van der Waals surface area (Å²) in [6.07, 6.45) is 4.28. The Bertz CT molecular complexity index is 990. The number of nitrogens with zero attached hydrogens (tertiary/aromatic N) is 2. The van der Waals surface area contributed by atoms with Gasteiger partial charge in [0, 0.05) is 36.0 Å². The highest BCUT2D eigenvalue weighted by molar-refractivity contribution is 7.89. The number of sulfonamides is 1. The van der Waals surface area contributed by atoms with Gasteiger partial charge in [-0.1, -0.05) is 12.1 Å². The number of rotatable bonds is 5. The summed E-state index contributed by atoms with van der Waals surface area (Å²) in [6.45, 7) is 0.524. The van der Waals surface area contributed by atoms with Crippen LogP contribution in [0.3, 0.4) is 0 Å². The number of likely N-dealkylation sites (tertiary alicyclic amines) is 1. The van der Waals surface area contributed by atoms with Crippen molar-refractivity contribution >= 4 is 32.7 Å². The first kappa shape index (κ1) is 19.2. The van der Waals surface area contributed by atoms with Crippen molar-refractivity contribution in [1.29, 1.82) is 0 Å². The number of aromatic nitrogens is 1. The van der Waals surface area contributed by atoms with Crippen LogP contribution in [-0.2, 0) is 14.8 Å². The van der Waals surface area contributed by atoms with Crippen molar-refractivity contribution in [2.45, 2.75) is 43.0 Å². The number of hydrogen-bond acceptors (Lipinski definition) is 5. The van der Waals surface area contributed by atoms with Crippen molar-refractivity contribution in [2.75, 3.05) is 6.54 Å². The minimum Gasteiger partial charge on any atom is -0.481 e. The maximum absolute atomic E-state index is 13.2. The average Bonchev–Trinajstić information content (AvgIpc) is 2.64. The van der Waals surface area contributed by atoms with Gasteiger partial charge >= 0.3 is 5.97 Å². The third kappa shape index (κ3) is 4.09. The van der Waals surface area contributed by atoms with Crippen LogP contribution in [0.2, 0.25) is 0 Å². The molecule has 0 saturated carbocycles. The van der Waals surface area contributed by atoms with Gasteiger partial charge in [-0.3, -0.25) is 14.6 Å². The standard InChI is InChI=1S/C18H21N3O5S/c19-27(25,26)15-6-3-5-14-13(15)9-10-20-17(14)18(24)21-11-2-1-4-12(21)7-8-16(22)23/h3,5-6,9-10,12H,1-2,4,7-8,11H2,(H,22,23)(H2,19,25,26). The summed E-state index contributed by atoms with van der Waals surface area (Å²) in [5.41, 5.74) is 0.153. The number of carbonyl (C=O) groups excluding carboxylic acids is 1. The molecule has 1 saturated heterocycles. The van der Waals surface area contributed by atoms with E-state index < -0.39 is 16.0 Å². The molecular formula is C18H21N3O5S. The topological polar surface area (TPSA) is 131 Å². The molecule has 8 nitrogen and oxygen atoms in total. The van der Waals surface area contributed by atoms with Crippen molar-refractivity contribution in [1.82, 2.24) is 9.88 Å². The molecule has 3 N–H and O–H groups in total. The smallest absolute Gasteiger partial charge is 0.303 e. The van der Waals surface area contributed by atoms with Crippen LogP contribution in [0.25, 0.3) is 10.8 Å². The van der Waals surface area contributed by atoms with Crippen molar-refractivity contribution in [3.63, 3.8) is 0 Å². The van der Waals surface area contributed by atoms with Gasteiger partial charge in [0.2, 0.25) is 10.0 Å². The van der Waals surface area contributed by atoms with Gasteiger partial charge in [-0.2, -0.15) is 0 Å². The molecule has 3 rings (SSSR count). The number of primary sulfonamides is 1. The van der Waals surface area contributed by atoms with E-state index in [9.17, 15) is 18.0 Å². The Morgan fingerprint density at radius 3 is 2.70 bits per heavy atom. The predicted molar refractivity (Wildman–Crippen MR) is 98.7 cm³/mol. The van der Waals surface area contributed by atoms with Crippen molar-refractivity contribution in [2.24, 2.45) is 5.14 Å². The summed E-state index contributed by atoms with van der Waals surface area (Å²) in [6, 6.07) is 5.91. The minimum atomic E-state index is -3.94. The van der Waals surface area contributed by atoms with E-state index in [1.54, 1.807) is 11.0 Å². The number of hydrogen-bond donors (Lipinski definition) is 2. The molecule has 0 bridgehead atoms. The fourth-order valence-electron chi connectivity index (χ4n) is 3.59. The lowest BCUT2D eigenvalue weighted by Crippen LogP contribution is -2.44. The first-order chi connectivity index (χ1) is 12.8. The molecule has 2 aromatic rings. The molecule has 1 aromatic carbocycles. The molecular weight excluding hydrogens is 370 g/mol. The fourth-order valence-corrected chi connectivity index (χ4v) is 4.34. The average molecular weight is 391 g/mol. The van der Waals surface area contributed by atoms with Gasteiger partial charge < -0.3 is 10.0 Å². The van der Waals surface area contributed by atoms with Gasteiger partial charge in [0.25, 0.3) is 5.91 Å². The molecule has 1 atom stereocenters. The predicted octanol–water partition coefficient (Wildman–Crippen LogP) is 1.74. The highest BCUT2D eigenvalue weighted by atomic mass is 32.2. The Hall–Kier alpha value is -2.52. The maximum atomic E-state index is 13.2. The number of pyridine rings is 1. The highest BCUT2D eigenvalue weighted by Gasteiger charge is 2.29. The number of aliphatic carboxylic acids is 1. The summed E-state index contributed by atoms with van der Waals surface area (Å²) >= 11 is 0. The first-order valence-electron chi connectivity index (χ1n) is 8.72. The van der Waals surface area contributed by atoms with Crippen LogP contribution >= 0.6 is 0 Å². The zero-order valence-electron chi connectivity index (χ0n) is 14.7. The SMILES string of the molecule is NS(=O)(=O)c1cccc2c(C(=O)N3CCCCC3CCC(=O)O)nccc12. The molecule has 0 aliphatic carbocycles. The molecule has 27 heavy (non-hydrogen) atoms. The monoisotopic (exact) mass is 391 g/mol. The molecule has 1 fully saturated rings. The second kappa shape index (κ2) is 7.61. The van der Waals surface area contributed by atoms with Gasteiger partial charge in [-0.05, 0) is 37.8 Å². The van der Waals surface area contributed by atoms with Crippen LogP contribution in [0.1, 0.15) is 42.6 Å². The number of piperidine rings is 1. The van der Waals surface area contributed by atoms with E-state index in [-0.39, 0.29) is 29.0 Å². The molecule has 1 aromatic heterocycles. The van der Waals surface area contributed by atoms with E-state index in [0.717, 1.165) is 19.3 Å². The zero-order chi connectivity index (χ0) is 19.6. The number of fused-ring (bicyclic) bond motifs is 1. The van der Waals surface area contributed by atoms with Crippen LogP contribution in [-0.4, -0.2) is 47.9 Å². The second-order valence-electron chi connectivity index (χ2n) is 6.64. The first-order valence-corrected chi connectivity index (χ1v) is 10.3. The lowest BCUT2D eigenvalue weighted by atomic mass is 9.97. The van der Waals surface area contributed by atoms with Gasteiger partial charge in [0.15, 0.2) is 0 Å². The Labute approximate surface area is 157 Å². The summed E-state index contributed by atoms with van der Waals surface area (Å²) in [7, 11) is -3.94. The van der Waals surface area contributed by atoms with E-state index in [1.807, 2.05) is 0 Å². The number of carboxylic acids is 1. The number of nitrogens with two attached hydrogens (primary N) is 1. The van der Waals surface area contributed by atoms with E-state index in [0.29, 0.717) is 23.7 Å². The van der Waals surface area contributed by atoms with Crippen molar-refractivity contribution in [3.05, 3.63) is 36.2 Å². The van der Waals surface area contributed by atoms with Gasteiger partial charge in [-0.15, -0.1) is 0 Å². The van der Waals surface area contributed by atoms with Crippen LogP contribution in [0.15, 0.2) is 35.4 Å². The molecule has 1 amide bonds. The third-order valence-electron chi connectivity index (χ3n) is 4.85. The third-order valence-corrected chi connectivity index (χ3v) is 5.82. The van der Waals surface area contributed by atoms with Gasteiger partial charge in [-0.25, -0.2) is 13.6 Å². The Balaban J connectivity index is 2.01. The molecule has 1 aliphatic rings. The van der Waals surface area contributed by atoms with E-state index >= 15 is 0 Å².